The van der Waals surface area contributed by atoms with Gasteiger partial charge in [-0.3, -0.25) is 4.98 Å². The molecule has 1 N–H and O–H groups in total. The first-order valence-corrected chi connectivity index (χ1v) is 7.58. The van der Waals surface area contributed by atoms with Crippen molar-refractivity contribution in [2.75, 3.05) is 7.05 Å². The normalized spacial score (nSPS) is 14.4. The summed E-state index contributed by atoms with van der Waals surface area (Å²) in [7, 11) is 2.01. The summed E-state index contributed by atoms with van der Waals surface area (Å²) in [5, 5.41) is 3.41. The van der Waals surface area contributed by atoms with Gasteiger partial charge in [0.25, 0.3) is 0 Å². The third-order valence-corrected chi connectivity index (χ3v) is 5.37. The lowest BCUT2D eigenvalue weighted by molar-refractivity contribution is 0.506. The maximum Gasteiger partial charge on any atom is 0.0731 e. The number of aryl methyl sites for hydroxylation is 1. The summed E-state index contributed by atoms with van der Waals surface area (Å²) in [6, 6.07) is 8.63. The third-order valence-electron chi connectivity index (χ3n) is 3.15. The van der Waals surface area contributed by atoms with Gasteiger partial charge < -0.3 is 5.32 Å². The number of halogens is 1. The van der Waals surface area contributed by atoms with Crippen molar-refractivity contribution in [2.45, 2.75) is 25.8 Å². The molecule has 2 aromatic rings. The third kappa shape index (κ3) is 2.82. The molecule has 0 spiro atoms. The molecule has 0 aromatic carbocycles. The number of likely N-dealkylation sites (N-methyl/N-ethyl adjacent to an activating group) is 1. The Morgan fingerprint density at radius 2 is 2.17 bits per heavy atom. The Kier molecular flexibility index (Phi) is 4.54. The van der Waals surface area contributed by atoms with Gasteiger partial charge >= 0.3 is 0 Å². The van der Waals surface area contributed by atoms with E-state index in [4.69, 9.17) is 0 Å². The van der Waals surface area contributed by atoms with Crippen LogP contribution in [0.25, 0.3) is 0 Å². The van der Waals surface area contributed by atoms with Crippen molar-refractivity contribution in [3.8, 4) is 0 Å². The fraction of sp³-hybridized carbons (Fsp3) is 0.357. The number of hydrogen-bond acceptors (Lipinski definition) is 3. The maximum absolute atomic E-state index is 4.46. The van der Waals surface area contributed by atoms with Gasteiger partial charge in [-0.15, -0.1) is 11.3 Å². The first kappa shape index (κ1) is 13.7. The van der Waals surface area contributed by atoms with Crippen molar-refractivity contribution in [2.24, 2.45) is 0 Å². The number of rotatable bonds is 4. The average molecular weight is 325 g/mol. The predicted molar refractivity (Wildman–Crippen MR) is 81.2 cm³/mol. The van der Waals surface area contributed by atoms with Crippen molar-refractivity contribution in [1.29, 1.82) is 0 Å². The number of nitrogens with one attached hydrogen (secondary N) is 1. The molecule has 0 fully saturated rings. The van der Waals surface area contributed by atoms with Crippen LogP contribution < -0.4 is 5.32 Å². The van der Waals surface area contributed by atoms with Crippen molar-refractivity contribution in [3.63, 3.8) is 0 Å². The van der Waals surface area contributed by atoms with Crippen LogP contribution in [0, 0.1) is 6.92 Å². The lowest BCUT2D eigenvalue weighted by Gasteiger charge is -2.22. The zero-order chi connectivity index (χ0) is 13.1. The number of thiophene rings is 1. The van der Waals surface area contributed by atoms with E-state index >= 15 is 0 Å². The van der Waals surface area contributed by atoms with Gasteiger partial charge in [-0.05, 0) is 53.7 Å². The van der Waals surface area contributed by atoms with Crippen LogP contribution in [0.5, 0.6) is 0 Å². The molecular formula is C14H17BrN2S. The van der Waals surface area contributed by atoms with Crippen molar-refractivity contribution >= 4 is 27.3 Å². The lowest BCUT2D eigenvalue weighted by atomic mass is 9.96. The second-order valence-electron chi connectivity index (χ2n) is 4.42. The molecule has 0 bridgehead atoms. The van der Waals surface area contributed by atoms with E-state index in [1.807, 2.05) is 25.4 Å². The molecule has 0 saturated carbocycles. The van der Waals surface area contributed by atoms with Gasteiger partial charge in [0.05, 0.1) is 3.79 Å². The second kappa shape index (κ2) is 5.95. The van der Waals surface area contributed by atoms with E-state index in [0.717, 1.165) is 5.69 Å². The first-order valence-electron chi connectivity index (χ1n) is 5.97. The predicted octanol–water partition coefficient (Wildman–Crippen LogP) is 4.28. The summed E-state index contributed by atoms with van der Waals surface area (Å²) in [6.45, 7) is 4.34. The molecule has 0 aliphatic rings. The number of pyridine rings is 1. The molecular weight excluding hydrogens is 308 g/mol. The topological polar surface area (TPSA) is 24.9 Å². The number of hydrogen-bond donors (Lipinski definition) is 1. The highest BCUT2D eigenvalue weighted by molar-refractivity contribution is 9.11. The van der Waals surface area contributed by atoms with Gasteiger partial charge in [0.15, 0.2) is 0 Å². The Balaban J connectivity index is 2.29. The largest absolute Gasteiger partial charge is 0.312 e. The van der Waals surface area contributed by atoms with Crippen LogP contribution in [0.15, 0.2) is 34.2 Å². The highest BCUT2D eigenvalue weighted by Gasteiger charge is 2.22. The smallest absolute Gasteiger partial charge is 0.0731 e. The van der Waals surface area contributed by atoms with Crippen LogP contribution in [-0.2, 0) is 0 Å². The van der Waals surface area contributed by atoms with Crippen molar-refractivity contribution < 1.29 is 0 Å². The molecule has 2 unspecified atom stereocenters. The van der Waals surface area contributed by atoms with Crippen LogP contribution in [0.4, 0.5) is 0 Å². The molecule has 2 rings (SSSR count). The average Bonchev–Trinajstić information content (AvgIpc) is 2.71. The van der Waals surface area contributed by atoms with Crippen LogP contribution in [0.3, 0.4) is 0 Å². The standard InChI is InChI=1S/C14H17BrN2S/c1-9-8-12(18-14(9)15)13(16-3)10(2)11-6-4-5-7-17-11/h4-8,10,13,16H,1-3H3. The molecule has 4 heteroatoms. The summed E-state index contributed by atoms with van der Waals surface area (Å²) in [5.41, 5.74) is 2.42. The highest BCUT2D eigenvalue weighted by atomic mass is 79.9. The summed E-state index contributed by atoms with van der Waals surface area (Å²) < 4.78 is 1.21. The minimum absolute atomic E-state index is 0.301. The monoisotopic (exact) mass is 324 g/mol. The van der Waals surface area contributed by atoms with Crippen LogP contribution in [-0.4, -0.2) is 12.0 Å². The van der Waals surface area contributed by atoms with Crippen molar-refractivity contribution in [1.82, 2.24) is 10.3 Å². The molecule has 18 heavy (non-hydrogen) atoms. The maximum atomic E-state index is 4.46. The molecule has 2 heterocycles. The van der Waals surface area contributed by atoms with Gasteiger partial charge in [0.1, 0.15) is 0 Å². The van der Waals surface area contributed by atoms with Crippen molar-refractivity contribution in [3.05, 3.63) is 50.4 Å². The van der Waals surface area contributed by atoms with E-state index < -0.39 is 0 Å². The quantitative estimate of drug-likeness (QED) is 0.908. The van der Waals surface area contributed by atoms with Crippen LogP contribution in [0.1, 0.15) is 35.0 Å². The summed E-state index contributed by atoms with van der Waals surface area (Å²) in [4.78, 5) is 5.80. The van der Waals surface area contributed by atoms with Gasteiger partial charge in [-0.2, -0.15) is 0 Å². The molecule has 0 radical (unpaired) electrons. The molecule has 96 valence electrons. The van der Waals surface area contributed by atoms with E-state index in [-0.39, 0.29) is 0 Å². The number of aromatic nitrogens is 1. The van der Waals surface area contributed by atoms with E-state index in [1.54, 1.807) is 11.3 Å². The molecule has 2 atom stereocenters. The Morgan fingerprint density at radius 1 is 1.39 bits per heavy atom. The first-order chi connectivity index (χ1) is 8.63. The zero-order valence-electron chi connectivity index (χ0n) is 10.8. The SMILES string of the molecule is CNC(c1cc(C)c(Br)s1)C(C)c1ccccn1. The molecule has 0 aliphatic heterocycles. The van der Waals surface area contributed by atoms with E-state index in [1.165, 1.54) is 14.2 Å². The molecule has 0 saturated heterocycles. The van der Waals surface area contributed by atoms with E-state index in [9.17, 15) is 0 Å². The second-order valence-corrected chi connectivity index (χ2v) is 6.82. The molecule has 2 aromatic heterocycles. The van der Waals surface area contributed by atoms with Crippen LogP contribution >= 0.6 is 27.3 Å². The van der Waals surface area contributed by atoms with E-state index in [2.05, 4.69) is 52.2 Å². The Labute approximate surface area is 121 Å². The fourth-order valence-corrected chi connectivity index (χ4v) is 3.88. The van der Waals surface area contributed by atoms with Gasteiger partial charge in [-0.25, -0.2) is 0 Å². The molecule has 0 aliphatic carbocycles. The lowest BCUT2D eigenvalue weighted by Crippen LogP contribution is -2.21. The summed E-state index contributed by atoms with van der Waals surface area (Å²) in [6.07, 6.45) is 1.86. The molecule has 2 nitrogen and oxygen atoms in total. The Bertz CT molecular complexity index is 490. The minimum atomic E-state index is 0.301. The summed E-state index contributed by atoms with van der Waals surface area (Å²) in [5.74, 6) is 0.348. The minimum Gasteiger partial charge on any atom is -0.312 e. The van der Waals surface area contributed by atoms with Crippen LogP contribution in [0.2, 0.25) is 0 Å². The summed E-state index contributed by atoms with van der Waals surface area (Å²) >= 11 is 5.39. The highest BCUT2D eigenvalue weighted by Crippen LogP contribution is 2.37. The van der Waals surface area contributed by atoms with E-state index in [0.29, 0.717) is 12.0 Å². The number of nitrogens with zero attached hydrogens (tertiary/aromatic N) is 1. The van der Waals surface area contributed by atoms with Gasteiger partial charge in [0, 0.05) is 28.7 Å². The zero-order valence-corrected chi connectivity index (χ0v) is 13.2. The fourth-order valence-electron chi connectivity index (χ4n) is 2.09. The Morgan fingerprint density at radius 3 is 2.67 bits per heavy atom. The van der Waals surface area contributed by atoms with Gasteiger partial charge in [-0.1, -0.05) is 13.0 Å². The van der Waals surface area contributed by atoms with Gasteiger partial charge in [0.2, 0.25) is 0 Å². The Hall–Kier alpha value is -0.710. The molecule has 0 amide bonds.